The highest BCUT2D eigenvalue weighted by molar-refractivity contribution is 6.31. The number of hydrogen-bond donors (Lipinski definition) is 2. The summed E-state index contributed by atoms with van der Waals surface area (Å²) in [4.78, 5) is 33.5. The number of H-pyrrole nitrogens is 1. The predicted molar refractivity (Wildman–Crippen MR) is 156 cm³/mol. The fourth-order valence-corrected chi connectivity index (χ4v) is 5.19. The van der Waals surface area contributed by atoms with Crippen LogP contribution in [-0.2, 0) is 15.9 Å². The smallest absolute Gasteiger partial charge is 0.411 e. The summed E-state index contributed by atoms with van der Waals surface area (Å²) in [6.45, 7) is 1.98. The van der Waals surface area contributed by atoms with Crippen molar-refractivity contribution in [2.75, 3.05) is 19.0 Å². The van der Waals surface area contributed by atoms with Gasteiger partial charge in [0.15, 0.2) is 0 Å². The van der Waals surface area contributed by atoms with Gasteiger partial charge in [0.05, 0.1) is 29.7 Å². The van der Waals surface area contributed by atoms with E-state index in [2.05, 4.69) is 30.8 Å². The van der Waals surface area contributed by atoms with Crippen LogP contribution < -0.4 is 10.9 Å². The maximum Gasteiger partial charge on any atom is 0.411 e. The van der Waals surface area contributed by atoms with Gasteiger partial charge in [0, 0.05) is 35.1 Å². The summed E-state index contributed by atoms with van der Waals surface area (Å²) in [5.41, 5.74) is 5.29. The molecule has 0 saturated carbocycles. The summed E-state index contributed by atoms with van der Waals surface area (Å²) in [5, 5.41) is 14.7. The summed E-state index contributed by atoms with van der Waals surface area (Å²) in [6, 6.07) is 16.1. The normalized spacial score (nSPS) is 14.9. The van der Waals surface area contributed by atoms with Crippen LogP contribution in [0.4, 0.5) is 10.5 Å². The molecule has 2 N–H and O–H groups in total. The maximum atomic E-state index is 13.5. The lowest BCUT2D eigenvalue weighted by molar-refractivity contribution is 0.0508. The standard InChI is InChI=1S/C29H27ClN8O4/c1-17(41-2)15-42-29(40)33-21-6-3-18(4-7-21)24-14-31-28(34-24)26-10-8-22-11-19(12-27(39)38(22)26)23-13-20(30)5-9-25(23)37-16-32-35-36-37/h3-7,9,11-14,16-17,26H,8,10,15H2,1-2H3,(H,31,34)(H,33,40)/t17-,26-/m0/s1. The number of methoxy groups -OCH3 is 1. The number of anilines is 1. The molecule has 0 fully saturated rings. The van der Waals surface area contributed by atoms with Gasteiger partial charge in [0.25, 0.3) is 5.56 Å². The van der Waals surface area contributed by atoms with E-state index in [1.165, 1.54) is 6.33 Å². The number of nitrogens with zero attached hydrogens (tertiary/aromatic N) is 6. The number of carbonyl (C=O) groups is 1. The molecule has 6 rings (SSSR count). The van der Waals surface area contributed by atoms with Gasteiger partial charge in [0.2, 0.25) is 0 Å². The molecule has 2 aromatic carbocycles. The van der Waals surface area contributed by atoms with Crippen molar-refractivity contribution in [1.82, 2.24) is 34.7 Å². The SMILES string of the molecule is CO[C@@H](C)COC(=O)Nc1ccc(-c2cnc([C@@H]3CCc4cc(-c5cc(Cl)ccc5-n5cnnn5)cc(=O)n43)[nH]2)cc1. The van der Waals surface area contributed by atoms with Gasteiger partial charge in [-0.25, -0.2) is 9.78 Å². The van der Waals surface area contributed by atoms with Crippen LogP contribution in [0.3, 0.4) is 0 Å². The summed E-state index contributed by atoms with van der Waals surface area (Å²) in [7, 11) is 1.56. The molecule has 4 heterocycles. The van der Waals surface area contributed by atoms with Crippen LogP contribution in [0.1, 0.15) is 30.9 Å². The molecule has 0 saturated heterocycles. The van der Waals surface area contributed by atoms with Gasteiger partial charge >= 0.3 is 6.09 Å². The van der Waals surface area contributed by atoms with E-state index in [0.717, 1.165) is 40.2 Å². The second kappa shape index (κ2) is 11.6. The van der Waals surface area contributed by atoms with Crippen molar-refractivity contribution in [3.63, 3.8) is 0 Å². The lowest BCUT2D eigenvalue weighted by atomic mass is 10.0. The van der Waals surface area contributed by atoms with E-state index in [1.807, 2.05) is 31.2 Å². The Balaban J connectivity index is 1.21. The zero-order valence-corrected chi connectivity index (χ0v) is 23.6. The number of carbonyl (C=O) groups excluding carboxylic acids is 1. The molecule has 0 unspecified atom stereocenters. The van der Waals surface area contributed by atoms with Crippen LogP contribution in [0.25, 0.3) is 28.1 Å². The van der Waals surface area contributed by atoms with E-state index >= 15 is 0 Å². The first kappa shape index (κ1) is 27.4. The number of aromatic amines is 1. The van der Waals surface area contributed by atoms with Gasteiger partial charge in [-0.2, -0.15) is 4.68 Å². The first-order valence-electron chi connectivity index (χ1n) is 13.3. The highest BCUT2D eigenvalue weighted by Crippen LogP contribution is 2.34. The minimum atomic E-state index is -0.550. The van der Waals surface area contributed by atoms with E-state index < -0.39 is 6.09 Å². The predicted octanol–water partition coefficient (Wildman–Crippen LogP) is 4.65. The van der Waals surface area contributed by atoms with Gasteiger partial charge in [-0.15, -0.1) is 5.10 Å². The summed E-state index contributed by atoms with van der Waals surface area (Å²) >= 11 is 6.32. The number of tetrazole rings is 1. The van der Waals surface area contributed by atoms with Crippen molar-refractivity contribution in [3.05, 3.63) is 94.0 Å². The third-order valence-electron chi connectivity index (χ3n) is 7.20. The van der Waals surface area contributed by atoms with Gasteiger partial charge in [0.1, 0.15) is 18.8 Å². The molecular formula is C29H27ClN8O4. The summed E-state index contributed by atoms with van der Waals surface area (Å²) < 4.78 is 13.6. The van der Waals surface area contributed by atoms with Crippen molar-refractivity contribution in [2.24, 2.45) is 0 Å². The molecule has 1 aliphatic heterocycles. The largest absolute Gasteiger partial charge is 0.447 e. The molecule has 0 spiro atoms. The Bertz CT molecular complexity index is 1780. The number of hydrogen-bond acceptors (Lipinski definition) is 8. The Labute approximate surface area is 245 Å². The lowest BCUT2D eigenvalue weighted by Gasteiger charge is -2.15. The monoisotopic (exact) mass is 586 g/mol. The van der Waals surface area contributed by atoms with E-state index in [0.29, 0.717) is 23.0 Å². The van der Waals surface area contributed by atoms with Crippen molar-refractivity contribution >= 4 is 23.4 Å². The molecule has 13 heteroatoms. The number of fused-ring (bicyclic) bond motifs is 1. The van der Waals surface area contributed by atoms with Crippen LogP contribution in [0.5, 0.6) is 0 Å². The summed E-state index contributed by atoms with van der Waals surface area (Å²) in [6.07, 6.45) is 3.96. The van der Waals surface area contributed by atoms with Gasteiger partial charge in [-0.3, -0.25) is 10.1 Å². The number of nitrogens with one attached hydrogen (secondary N) is 2. The zero-order valence-electron chi connectivity index (χ0n) is 22.8. The van der Waals surface area contributed by atoms with Gasteiger partial charge < -0.3 is 19.0 Å². The van der Waals surface area contributed by atoms with E-state index in [1.54, 1.807) is 52.9 Å². The molecule has 5 aromatic rings. The average molecular weight is 587 g/mol. The van der Waals surface area contributed by atoms with Gasteiger partial charge in [-0.1, -0.05) is 23.7 Å². The van der Waals surface area contributed by atoms with Crippen molar-refractivity contribution in [2.45, 2.75) is 31.9 Å². The number of amides is 1. The lowest BCUT2D eigenvalue weighted by Crippen LogP contribution is -2.23. The first-order chi connectivity index (χ1) is 20.4. The first-order valence-corrected chi connectivity index (χ1v) is 13.7. The number of ether oxygens (including phenoxy) is 2. The number of imidazole rings is 1. The van der Waals surface area contributed by atoms with Crippen molar-refractivity contribution in [1.29, 1.82) is 0 Å². The maximum absolute atomic E-state index is 13.5. The topological polar surface area (TPSA) is 142 Å². The molecule has 3 aromatic heterocycles. The van der Waals surface area contributed by atoms with Crippen molar-refractivity contribution < 1.29 is 14.3 Å². The minimum Gasteiger partial charge on any atom is -0.447 e. The van der Waals surface area contributed by atoms with Crippen LogP contribution in [-0.4, -0.2) is 60.7 Å². The molecule has 0 radical (unpaired) electrons. The molecule has 2 atom stereocenters. The van der Waals surface area contributed by atoms with E-state index in [4.69, 9.17) is 21.1 Å². The number of aromatic nitrogens is 7. The number of rotatable bonds is 8. The third-order valence-corrected chi connectivity index (χ3v) is 7.44. The molecule has 1 amide bonds. The Morgan fingerprint density at radius 1 is 1.17 bits per heavy atom. The molecule has 0 bridgehead atoms. The van der Waals surface area contributed by atoms with Crippen LogP contribution in [0, 0.1) is 0 Å². The number of aryl methyl sites for hydroxylation is 1. The van der Waals surface area contributed by atoms with E-state index in [9.17, 15) is 9.59 Å². The zero-order chi connectivity index (χ0) is 29.2. The Kier molecular flexibility index (Phi) is 7.55. The molecule has 12 nitrogen and oxygen atoms in total. The minimum absolute atomic E-state index is 0.132. The highest BCUT2D eigenvalue weighted by Gasteiger charge is 2.28. The van der Waals surface area contributed by atoms with Crippen LogP contribution >= 0.6 is 11.6 Å². The number of halogens is 1. The Hall–Kier alpha value is -4.81. The second-order valence-corrected chi connectivity index (χ2v) is 10.4. The molecule has 214 valence electrons. The summed E-state index contributed by atoms with van der Waals surface area (Å²) in [5.74, 6) is 0.703. The van der Waals surface area contributed by atoms with Gasteiger partial charge in [-0.05, 0) is 77.7 Å². The third kappa shape index (κ3) is 5.54. The quantitative estimate of drug-likeness (QED) is 0.267. The number of pyridine rings is 1. The fourth-order valence-electron chi connectivity index (χ4n) is 5.02. The molecule has 42 heavy (non-hydrogen) atoms. The average Bonchev–Trinajstić information content (AvgIpc) is 3.77. The highest BCUT2D eigenvalue weighted by atomic mass is 35.5. The Morgan fingerprint density at radius 3 is 2.76 bits per heavy atom. The van der Waals surface area contributed by atoms with Crippen LogP contribution in [0.15, 0.2) is 71.9 Å². The van der Waals surface area contributed by atoms with E-state index in [-0.39, 0.29) is 24.3 Å². The molecule has 1 aliphatic rings. The number of benzene rings is 2. The van der Waals surface area contributed by atoms with Crippen LogP contribution in [0.2, 0.25) is 5.02 Å². The fraction of sp³-hybridized carbons (Fsp3) is 0.241. The molecular weight excluding hydrogens is 560 g/mol. The second-order valence-electron chi connectivity index (χ2n) is 9.94. The Morgan fingerprint density at radius 2 is 2.00 bits per heavy atom. The van der Waals surface area contributed by atoms with Crippen molar-refractivity contribution in [3.8, 4) is 28.1 Å². The molecule has 0 aliphatic carbocycles.